The predicted molar refractivity (Wildman–Crippen MR) is 225 cm³/mol. The van der Waals surface area contributed by atoms with Gasteiger partial charge in [-0.2, -0.15) is 0 Å². The van der Waals surface area contributed by atoms with Crippen molar-refractivity contribution in [1.82, 2.24) is 14.5 Å². The van der Waals surface area contributed by atoms with E-state index in [-0.39, 0.29) is 11.2 Å². The molecule has 10 rings (SSSR count). The number of hydrogen-bond donors (Lipinski definition) is 1. The van der Waals surface area contributed by atoms with Crippen molar-refractivity contribution in [2.24, 2.45) is 0 Å². The van der Waals surface area contributed by atoms with E-state index in [0.29, 0.717) is 11.4 Å². The van der Waals surface area contributed by atoms with Gasteiger partial charge in [-0.3, -0.25) is 9.55 Å². The SMILES string of the molecule is CC1(C)c2ccccc2-c2cc(-c3cccc4c3nc(-c3ccccc3O)n4-c3ccccc3-c3ccccc3)cc(-c3cc(-c4ccccc4)ccn3)c21. The Balaban J connectivity index is 1.26. The van der Waals surface area contributed by atoms with Gasteiger partial charge in [0, 0.05) is 28.3 Å². The molecule has 0 amide bonds. The second-order valence-electron chi connectivity index (χ2n) is 14.8. The molecule has 0 atom stereocenters. The summed E-state index contributed by atoms with van der Waals surface area (Å²) >= 11 is 0. The van der Waals surface area contributed by atoms with Gasteiger partial charge in [0.05, 0.1) is 28.0 Å². The van der Waals surface area contributed by atoms with Gasteiger partial charge in [0.15, 0.2) is 0 Å². The molecule has 1 aliphatic rings. The number of aromatic hydroxyl groups is 1. The number of phenols is 1. The van der Waals surface area contributed by atoms with Crippen LogP contribution in [0.4, 0.5) is 0 Å². The Bertz CT molecular complexity index is 2910. The quantitative estimate of drug-likeness (QED) is 0.187. The third kappa shape index (κ3) is 5.29. The summed E-state index contributed by atoms with van der Waals surface area (Å²) < 4.78 is 2.20. The van der Waals surface area contributed by atoms with Crippen molar-refractivity contribution in [1.29, 1.82) is 0 Å². The highest BCUT2D eigenvalue weighted by molar-refractivity contribution is 6.00. The van der Waals surface area contributed by atoms with Crippen LogP contribution >= 0.6 is 0 Å². The second kappa shape index (κ2) is 12.8. The summed E-state index contributed by atoms with van der Waals surface area (Å²) in [7, 11) is 0. The van der Waals surface area contributed by atoms with E-state index in [1.54, 1.807) is 6.07 Å². The van der Waals surface area contributed by atoms with E-state index < -0.39 is 0 Å². The summed E-state index contributed by atoms with van der Waals surface area (Å²) in [5.41, 5.74) is 16.8. The number of para-hydroxylation sites is 3. The number of fused-ring (bicyclic) bond motifs is 4. The number of nitrogens with zero attached hydrogens (tertiary/aromatic N) is 3. The van der Waals surface area contributed by atoms with E-state index in [9.17, 15) is 5.11 Å². The molecular weight excluding hydrogens is 671 g/mol. The molecule has 4 nitrogen and oxygen atoms in total. The summed E-state index contributed by atoms with van der Waals surface area (Å²) in [5, 5.41) is 11.3. The Hall–Kier alpha value is -7.04. The zero-order valence-corrected chi connectivity index (χ0v) is 30.6. The average Bonchev–Trinajstić information content (AvgIpc) is 3.74. The number of pyridine rings is 1. The van der Waals surface area contributed by atoms with Crippen molar-refractivity contribution in [3.63, 3.8) is 0 Å². The number of imidazole rings is 1. The zero-order valence-electron chi connectivity index (χ0n) is 30.6. The Morgan fingerprint density at radius 3 is 1.91 bits per heavy atom. The molecule has 262 valence electrons. The first-order chi connectivity index (χ1) is 27.0. The van der Waals surface area contributed by atoms with Crippen LogP contribution in [0, 0.1) is 0 Å². The van der Waals surface area contributed by atoms with Gasteiger partial charge >= 0.3 is 0 Å². The molecule has 4 heteroatoms. The lowest BCUT2D eigenvalue weighted by Crippen LogP contribution is -2.16. The minimum atomic E-state index is -0.239. The van der Waals surface area contributed by atoms with Crippen LogP contribution in [0.1, 0.15) is 25.0 Å². The zero-order chi connectivity index (χ0) is 37.1. The summed E-state index contributed by atoms with van der Waals surface area (Å²) in [5.74, 6) is 0.856. The predicted octanol–water partition coefficient (Wildman–Crippen LogP) is 12.8. The van der Waals surface area contributed by atoms with Crippen LogP contribution in [0.15, 0.2) is 182 Å². The fraction of sp³-hybridized carbons (Fsp3) is 0.0588. The molecule has 0 saturated carbocycles. The van der Waals surface area contributed by atoms with Gasteiger partial charge in [-0.25, -0.2) is 4.98 Å². The number of benzene rings is 7. The van der Waals surface area contributed by atoms with Gasteiger partial charge in [-0.05, 0) is 93.0 Å². The standard InChI is InChI=1S/C51H37N3O/c1-51(2)43-24-12-9-21-39(43)41-30-36(31-42(48(41)51)44-32-35(28-29-52-44)33-16-5-3-6-17-33)38-23-15-26-46-49(38)53-50(40-22-11-14-27-47(40)55)54(46)45-25-13-10-20-37(45)34-18-7-4-8-19-34/h3-32,55H,1-2H3. The summed E-state index contributed by atoms with van der Waals surface area (Å²) in [6.45, 7) is 4.65. The van der Waals surface area contributed by atoms with Crippen LogP contribution < -0.4 is 0 Å². The number of hydrogen-bond acceptors (Lipinski definition) is 3. The Kier molecular flexibility index (Phi) is 7.60. The van der Waals surface area contributed by atoms with Crippen molar-refractivity contribution in [2.75, 3.05) is 0 Å². The van der Waals surface area contributed by atoms with E-state index in [1.165, 1.54) is 22.3 Å². The lowest BCUT2D eigenvalue weighted by molar-refractivity contribution is 0.477. The van der Waals surface area contributed by atoms with Crippen LogP contribution in [-0.2, 0) is 5.41 Å². The molecule has 0 bridgehead atoms. The summed E-state index contributed by atoms with van der Waals surface area (Å²) in [6.07, 6.45) is 1.93. The topological polar surface area (TPSA) is 50.9 Å². The number of aromatic nitrogens is 3. The van der Waals surface area contributed by atoms with Gasteiger partial charge in [-0.1, -0.05) is 141 Å². The number of phenolic OH excluding ortho intramolecular Hbond substituents is 1. The molecule has 1 aliphatic carbocycles. The molecule has 9 aromatic rings. The maximum absolute atomic E-state index is 11.3. The smallest absolute Gasteiger partial charge is 0.149 e. The van der Waals surface area contributed by atoms with Crippen LogP contribution in [-0.4, -0.2) is 19.6 Å². The van der Waals surface area contributed by atoms with Crippen molar-refractivity contribution in [2.45, 2.75) is 19.3 Å². The van der Waals surface area contributed by atoms with Crippen molar-refractivity contribution < 1.29 is 5.11 Å². The van der Waals surface area contributed by atoms with Crippen LogP contribution in [0.25, 0.3) is 83.9 Å². The van der Waals surface area contributed by atoms with Crippen molar-refractivity contribution >= 4 is 11.0 Å². The Morgan fingerprint density at radius 1 is 0.491 bits per heavy atom. The van der Waals surface area contributed by atoms with Crippen LogP contribution in [0.3, 0.4) is 0 Å². The van der Waals surface area contributed by atoms with E-state index >= 15 is 0 Å². The molecule has 55 heavy (non-hydrogen) atoms. The number of rotatable bonds is 6. The van der Waals surface area contributed by atoms with Gasteiger partial charge in [0.2, 0.25) is 0 Å². The Labute approximate surface area is 320 Å². The molecule has 2 aromatic heterocycles. The molecular formula is C51H37N3O. The highest BCUT2D eigenvalue weighted by atomic mass is 16.3. The fourth-order valence-electron chi connectivity index (χ4n) is 8.62. The summed E-state index contributed by atoms with van der Waals surface area (Å²) in [4.78, 5) is 10.5. The van der Waals surface area contributed by atoms with Gasteiger partial charge in [0.1, 0.15) is 11.6 Å². The second-order valence-corrected chi connectivity index (χ2v) is 14.8. The molecule has 0 spiro atoms. The molecule has 0 radical (unpaired) electrons. The van der Waals surface area contributed by atoms with Gasteiger partial charge in [-0.15, -0.1) is 0 Å². The fourth-order valence-corrected chi connectivity index (χ4v) is 8.62. The third-order valence-electron chi connectivity index (χ3n) is 11.2. The molecule has 0 saturated heterocycles. The minimum Gasteiger partial charge on any atom is -0.507 e. The Morgan fingerprint density at radius 2 is 1.13 bits per heavy atom. The van der Waals surface area contributed by atoms with Gasteiger partial charge in [0.25, 0.3) is 0 Å². The van der Waals surface area contributed by atoms with Crippen molar-refractivity contribution in [3.05, 3.63) is 193 Å². The highest BCUT2D eigenvalue weighted by Gasteiger charge is 2.38. The average molecular weight is 708 g/mol. The first-order valence-corrected chi connectivity index (χ1v) is 18.7. The first kappa shape index (κ1) is 32.6. The minimum absolute atomic E-state index is 0.181. The molecule has 0 fully saturated rings. The lowest BCUT2D eigenvalue weighted by Gasteiger charge is -2.25. The lowest BCUT2D eigenvalue weighted by atomic mass is 9.78. The third-order valence-corrected chi connectivity index (χ3v) is 11.2. The maximum Gasteiger partial charge on any atom is 0.149 e. The largest absolute Gasteiger partial charge is 0.507 e. The van der Waals surface area contributed by atoms with E-state index in [1.807, 2.05) is 30.5 Å². The van der Waals surface area contributed by atoms with Crippen molar-refractivity contribution in [3.8, 4) is 78.6 Å². The molecule has 2 heterocycles. The monoisotopic (exact) mass is 707 g/mol. The molecule has 1 N–H and O–H groups in total. The summed E-state index contributed by atoms with van der Waals surface area (Å²) in [6, 6.07) is 61.0. The van der Waals surface area contributed by atoms with Crippen LogP contribution in [0.5, 0.6) is 5.75 Å². The highest BCUT2D eigenvalue weighted by Crippen LogP contribution is 2.54. The maximum atomic E-state index is 11.3. The van der Waals surface area contributed by atoms with Crippen LogP contribution in [0.2, 0.25) is 0 Å². The van der Waals surface area contributed by atoms with E-state index in [0.717, 1.165) is 61.4 Å². The van der Waals surface area contributed by atoms with E-state index in [4.69, 9.17) is 9.97 Å². The normalized spacial score (nSPS) is 12.8. The van der Waals surface area contributed by atoms with E-state index in [2.05, 4.69) is 164 Å². The molecule has 0 aliphatic heterocycles. The molecule has 7 aromatic carbocycles. The molecule has 0 unspecified atom stereocenters. The van der Waals surface area contributed by atoms with Gasteiger partial charge < -0.3 is 5.11 Å². The first-order valence-electron chi connectivity index (χ1n) is 18.7.